The maximum Gasteiger partial charge on any atom is 0.323 e. The zero-order valence-electron chi connectivity index (χ0n) is 14.7. The number of aryl methyl sites for hydroxylation is 1. The summed E-state index contributed by atoms with van der Waals surface area (Å²) in [5, 5.41) is 2.94. The van der Waals surface area contributed by atoms with Crippen molar-refractivity contribution in [3.8, 4) is 5.75 Å². The van der Waals surface area contributed by atoms with E-state index >= 15 is 0 Å². The van der Waals surface area contributed by atoms with Crippen molar-refractivity contribution in [2.24, 2.45) is 4.99 Å². The number of nitrogens with one attached hydrogen (secondary N) is 1. The molecule has 0 saturated heterocycles. The van der Waals surface area contributed by atoms with E-state index in [4.69, 9.17) is 4.74 Å². The Morgan fingerprint density at radius 1 is 1.16 bits per heavy atom. The second-order valence-corrected chi connectivity index (χ2v) is 6.08. The molecular formula is C20H23N3O2. The highest BCUT2D eigenvalue weighted by Gasteiger charge is 2.24. The molecule has 0 saturated carbocycles. The van der Waals surface area contributed by atoms with E-state index in [0.29, 0.717) is 32.1 Å². The van der Waals surface area contributed by atoms with E-state index in [2.05, 4.69) is 23.3 Å². The molecule has 0 spiro atoms. The molecule has 0 atom stereocenters. The van der Waals surface area contributed by atoms with Gasteiger partial charge in [-0.15, -0.1) is 0 Å². The van der Waals surface area contributed by atoms with E-state index in [1.54, 1.807) is 4.90 Å². The lowest BCUT2D eigenvalue weighted by molar-refractivity contribution is 0.221. The maximum absolute atomic E-state index is 12.4. The highest BCUT2D eigenvalue weighted by molar-refractivity contribution is 5.99. The molecule has 0 bridgehead atoms. The number of urea groups is 1. The van der Waals surface area contributed by atoms with E-state index in [9.17, 15) is 4.79 Å². The van der Waals surface area contributed by atoms with Crippen molar-refractivity contribution in [3.05, 3.63) is 65.2 Å². The topological polar surface area (TPSA) is 53.9 Å². The van der Waals surface area contributed by atoms with Crippen molar-refractivity contribution < 1.29 is 9.53 Å². The minimum absolute atomic E-state index is 0.135. The van der Waals surface area contributed by atoms with Crippen LogP contribution in [0.1, 0.15) is 16.7 Å². The zero-order valence-corrected chi connectivity index (χ0v) is 14.7. The number of ether oxygens (including phenoxy) is 1. The van der Waals surface area contributed by atoms with Crippen LogP contribution >= 0.6 is 0 Å². The molecule has 2 aromatic rings. The lowest BCUT2D eigenvalue weighted by Gasteiger charge is -2.20. The second-order valence-electron chi connectivity index (χ2n) is 6.08. The lowest BCUT2D eigenvalue weighted by Crippen LogP contribution is -2.43. The minimum Gasteiger partial charge on any atom is -0.485 e. The summed E-state index contributed by atoms with van der Waals surface area (Å²) in [5.41, 5.74) is 3.37. The molecule has 0 aromatic heterocycles. The predicted molar refractivity (Wildman–Crippen MR) is 99.1 cm³/mol. The van der Waals surface area contributed by atoms with Gasteiger partial charge in [-0.05, 0) is 36.6 Å². The van der Waals surface area contributed by atoms with Crippen LogP contribution in [0, 0.1) is 13.8 Å². The van der Waals surface area contributed by atoms with Gasteiger partial charge in [0, 0.05) is 13.1 Å². The molecule has 5 heteroatoms. The van der Waals surface area contributed by atoms with Gasteiger partial charge in [0.05, 0.1) is 6.54 Å². The van der Waals surface area contributed by atoms with Crippen molar-refractivity contribution in [1.29, 1.82) is 0 Å². The Kier molecular flexibility index (Phi) is 5.33. The summed E-state index contributed by atoms with van der Waals surface area (Å²) in [6, 6.07) is 15.7. The Morgan fingerprint density at radius 3 is 2.76 bits per heavy atom. The second kappa shape index (κ2) is 7.83. The fraction of sp³-hybridized carbons (Fsp3) is 0.300. The van der Waals surface area contributed by atoms with Crippen molar-refractivity contribution >= 4 is 11.9 Å². The third-order valence-electron chi connectivity index (χ3n) is 4.37. The molecule has 3 rings (SSSR count). The standard InChI is InChI=1S/C20H23N3O2/c1-15-7-6-10-18(16(15)2)25-14-19-21-11-12-23(19)20(24)22-13-17-8-4-3-5-9-17/h3-10H,11-14H2,1-2H3,(H,22,24). The molecule has 25 heavy (non-hydrogen) atoms. The third kappa shape index (κ3) is 4.18. The monoisotopic (exact) mass is 337 g/mol. The van der Waals surface area contributed by atoms with Gasteiger partial charge in [0.15, 0.2) is 0 Å². The minimum atomic E-state index is -0.135. The summed E-state index contributed by atoms with van der Waals surface area (Å²) in [6.45, 7) is 6.09. The number of carbonyl (C=O) groups excluding carboxylic acids is 1. The van der Waals surface area contributed by atoms with Gasteiger partial charge in [-0.3, -0.25) is 9.89 Å². The van der Waals surface area contributed by atoms with Crippen LogP contribution in [0.5, 0.6) is 5.75 Å². The van der Waals surface area contributed by atoms with Crippen LogP contribution in [-0.2, 0) is 6.54 Å². The average molecular weight is 337 g/mol. The molecule has 2 aromatic carbocycles. The van der Waals surface area contributed by atoms with Crippen LogP contribution in [-0.4, -0.2) is 36.5 Å². The summed E-state index contributed by atoms with van der Waals surface area (Å²) >= 11 is 0. The van der Waals surface area contributed by atoms with Gasteiger partial charge in [0.25, 0.3) is 0 Å². The van der Waals surface area contributed by atoms with Gasteiger partial charge >= 0.3 is 6.03 Å². The van der Waals surface area contributed by atoms with Crippen molar-refractivity contribution in [2.75, 3.05) is 19.7 Å². The summed E-state index contributed by atoms with van der Waals surface area (Å²) in [7, 11) is 0. The van der Waals surface area contributed by atoms with E-state index in [-0.39, 0.29) is 6.03 Å². The number of nitrogens with zero attached hydrogens (tertiary/aromatic N) is 2. The number of amidine groups is 1. The van der Waals surface area contributed by atoms with E-state index < -0.39 is 0 Å². The Morgan fingerprint density at radius 2 is 1.96 bits per heavy atom. The molecule has 2 amide bonds. The first-order valence-corrected chi connectivity index (χ1v) is 8.47. The van der Waals surface area contributed by atoms with Crippen LogP contribution in [0.15, 0.2) is 53.5 Å². The summed E-state index contributed by atoms with van der Waals surface area (Å²) in [5.74, 6) is 1.51. The molecule has 0 unspecified atom stereocenters. The van der Waals surface area contributed by atoms with E-state index in [0.717, 1.165) is 16.9 Å². The molecule has 1 aliphatic rings. The number of aliphatic imine (C=N–C) groups is 1. The average Bonchev–Trinajstić information content (AvgIpc) is 3.10. The van der Waals surface area contributed by atoms with Crippen LogP contribution < -0.4 is 10.1 Å². The largest absolute Gasteiger partial charge is 0.485 e. The van der Waals surface area contributed by atoms with E-state index in [1.807, 2.05) is 49.4 Å². The van der Waals surface area contributed by atoms with Crippen molar-refractivity contribution in [2.45, 2.75) is 20.4 Å². The van der Waals surface area contributed by atoms with Gasteiger partial charge in [-0.2, -0.15) is 0 Å². The first-order chi connectivity index (χ1) is 12.1. The quantitative estimate of drug-likeness (QED) is 0.910. The molecule has 5 nitrogen and oxygen atoms in total. The first kappa shape index (κ1) is 17.0. The molecule has 1 heterocycles. The zero-order chi connectivity index (χ0) is 17.6. The van der Waals surface area contributed by atoms with Crippen LogP contribution in [0.3, 0.4) is 0 Å². The molecule has 1 N–H and O–H groups in total. The number of hydrogen-bond acceptors (Lipinski definition) is 3. The lowest BCUT2D eigenvalue weighted by atomic mass is 10.1. The fourth-order valence-corrected chi connectivity index (χ4v) is 2.73. The number of amides is 2. The third-order valence-corrected chi connectivity index (χ3v) is 4.37. The number of benzene rings is 2. The van der Waals surface area contributed by atoms with Crippen molar-refractivity contribution in [3.63, 3.8) is 0 Å². The van der Waals surface area contributed by atoms with Gasteiger partial charge in [0.1, 0.15) is 18.2 Å². The predicted octanol–water partition coefficient (Wildman–Crippen LogP) is 3.31. The molecule has 0 fully saturated rings. The molecular weight excluding hydrogens is 314 g/mol. The Labute approximate surface area is 148 Å². The SMILES string of the molecule is Cc1cccc(OCC2=NCCN2C(=O)NCc2ccccc2)c1C. The van der Waals surface area contributed by atoms with Crippen LogP contribution in [0.4, 0.5) is 4.79 Å². The van der Waals surface area contributed by atoms with Crippen molar-refractivity contribution in [1.82, 2.24) is 10.2 Å². The fourth-order valence-electron chi connectivity index (χ4n) is 2.73. The van der Waals surface area contributed by atoms with Gasteiger partial charge in [-0.1, -0.05) is 42.5 Å². The van der Waals surface area contributed by atoms with Gasteiger partial charge in [-0.25, -0.2) is 4.79 Å². The Bertz CT molecular complexity index is 772. The maximum atomic E-state index is 12.4. The molecule has 0 radical (unpaired) electrons. The van der Waals surface area contributed by atoms with Crippen LogP contribution in [0.25, 0.3) is 0 Å². The normalized spacial score (nSPS) is 13.5. The number of carbonyl (C=O) groups is 1. The molecule has 130 valence electrons. The van der Waals surface area contributed by atoms with Crippen LogP contribution in [0.2, 0.25) is 0 Å². The summed E-state index contributed by atoms with van der Waals surface area (Å²) < 4.78 is 5.89. The highest BCUT2D eigenvalue weighted by Crippen LogP contribution is 2.20. The smallest absolute Gasteiger partial charge is 0.323 e. The first-order valence-electron chi connectivity index (χ1n) is 8.47. The van der Waals surface area contributed by atoms with E-state index in [1.165, 1.54) is 5.56 Å². The number of hydrogen-bond donors (Lipinski definition) is 1. The number of rotatable bonds is 5. The summed E-state index contributed by atoms with van der Waals surface area (Å²) in [6.07, 6.45) is 0. The molecule has 1 aliphatic heterocycles. The Hall–Kier alpha value is -2.82. The summed E-state index contributed by atoms with van der Waals surface area (Å²) in [4.78, 5) is 18.5. The molecule has 0 aliphatic carbocycles. The van der Waals surface area contributed by atoms with Gasteiger partial charge in [0.2, 0.25) is 0 Å². The highest BCUT2D eigenvalue weighted by atomic mass is 16.5. The van der Waals surface area contributed by atoms with Gasteiger partial charge < -0.3 is 10.1 Å². The Balaban J connectivity index is 1.56.